The molecular weight excluding hydrogens is 392 g/mol. The molecule has 5 heteroatoms. The van der Waals surface area contributed by atoms with E-state index in [0.29, 0.717) is 11.6 Å². The Balaban J connectivity index is 2.01. The van der Waals surface area contributed by atoms with Gasteiger partial charge in [-0.2, -0.15) is 0 Å². The van der Waals surface area contributed by atoms with E-state index >= 15 is 0 Å². The van der Waals surface area contributed by atoms with Crippen LogP contribution in [0.15, 0.2) is 96.2 Å². The zero-order valence-electron chi connectivity index (χ0n) is 16.6. The van der Waals surface area contributed by atoms with Crippen molar-refractivity contribution in [1.82, 2.24) is 9.55 Å². The molecule has 1 atom stereocenters. The molecule has 0 aliphatic rings. The Morgan fingerprint density at radius 3 is 1.97 bits per heavy atom. The standard InChI is InChI=1S/C25H22N2O2S/c1-2-21(24(28)29)30-25-26-22(18-12-6-3-7-13-18)23(19-14-8-4-9-15-19)27(25)20-16-10-5-11-17-20/h3-17,21H,2H2,1H3,(H,28,29). The van der Waals surface area contributed by atoms with Crippen LogP contribution in [0.1, 0.15) is 13.3 Å². The maximum Gasteiger partial charge on any atom is 0.317 e. The summed E-state index contributed by atoms with van der Waals surface area (Å²) in [5.41, 5.74) is 4.78. The second-order valence-corrected chi connectivity index (χ2v) is 8.02. The fourth-order valence-electron chi connectivity index (χ4n) is 3.39. The SMILES string of the molecule is CCC(Sc1nc(-c2ccccc2)c(-c2ccccc2)n1-c1ccccc1)C(=O)O. The zero-order chi connectivity index (χ0) is 20.9. The van der Waals surface area contributed by atoms with E-state index in [4.69, 9.17) is 4.98 Å². The second-order valence-electron chi connectivity index (χ2n) is 6.85. The van der Waals surface area contributed by atoms with Gasteiger partial charge < -0.3 is 5.11 Å². The molecular formula is C25H22N2O2S. The van der Waals surface area contributed by atoms with E-state index in [9.17, 15) is 9.90 Å². The molecule has 1 aromatic heterocycles. The Kier molecular flexibility index (Phi) is 6.00. The van der Waals surface area contributed by atoms with Gasteiger partial charge in [0.2, 0.25) is 0 Å². The first-order chi connectivity index (χ1) is 14.7. The minimum absolute atomic E-state index is 0.517. The van der Waals surface area contributed by atoms with Crippen molar-refractivity contribution in [3.05, 3.63) is 91.0 Å². The smallest absolute Gasteiger partial charge is 0.317 e. The van der Waals surface area contributed by atoms with Crippen LogP contribution in [-0.2, 0) is 4.79 Å². The number of benzene rings is 3. The van der Waals surface area contributed by atoms with E-state index in [-0.39, 0.29) is 0 Å². The van der Waals surface area contributed by atoms with E-state index < -0.39 is 11.2 Å². The molecule has 0 saturated carbocycles. The molecule has 0 spiro atoms. The van der Waals surface area contributed by atoms with E-state index in [1.165, 1.54) is 11.8 Å². The summed E-state index contributed by atoms with van der Waals surface area (Å²) in [6, 6.07) is 30.1. The average molecular weight is 415 g/mol. The maximum atomic E-state index is 11.8. The second kappa shape index (κ2) is 9.01. The van der Waals surface area contributed by atoms with Crippen molar-refractivity contribution in [3.63, 3.8) is 0 Å². The number of rotatable bonds is 7. The molecule has 30 heavy (non-hydrogen) atoms. The lowest BCUT2D eigenvalue weighted by atomic mass is 10.0. The van der Waals surface area contributed by atoms with Crippen LogP contribution in [0.4, 0.5) is 0 Å². The highest BCUT2D eigenvalue weighted by Crippen LogP contribution is 2.39. The van der Waals surface area contributed by atoms with Crippen LogP contribution >= 0.6 is 11.8 Å². The topological polar surface area (TPSA) is 55.1 Å². The van der Waals surface area contributed by atoms with Crippen molar-refractivity contribution in [2.24, 2.45) is 0 Å². The van der Waals surface area contributed by atoms with Gasteiger partial charge in [-0.3, -0.25) is 9.36 Å². The third-order valence-electron chi connectivity index (χ3n) is 4.85. The number of carbonyl (C=O) groups is 1. The number of hydrogen-bond donors (Lipinski definition) is 1. The van der Waals surface area contributed by atoms with Crippen LogP contribution in [0, 0.1) is 0 Å². The Morgan fingerprint density at radius 1 is 0.900 bits per heavy atom. The summed E-state index contributed by atoms with van der Waals surface area (Å²) in [7, 11) is 0. The van der Waals surface area contributed by atoms with Crippen molar-refractivity contribution in [1.29, 1.82) is 0 Å². The molecule has 0 aliphatic heterocycles. The largest absolute Gasteiger partial charge is 0.480 e. The van der Waals surface area contributed by atoms with Gasteiger partial charge in [0.15, 0.2) is 5.16 Å². The molecule has 1 unspecified atom stereocenters. The predicted molar refractivity (Wildman–Crippen MR) is 122 cm³/mol. The Bertz CT molecular complexity index is 1130. The summed E-state index contributed by atoms with van der Waals surface area (Å²) in [6.45, 7) is 1.89. The molecule has 3 aromatic carbocycles. The predicted octanol–water partition coefficient (Wildman–Crippen LogP) is 6.16. The van der Waals surface area contributed by atoms with Gasteiger partial charge in [-0.1, -0.05) is 97.5 Å². The third kappa shape index (κ3) is 4.02. The van der Waals surface area contributed by atoms with Gasteiger partial charge in [0, 0.05) is 16.8 Å². The molecule has 4 nitrogen and oxygen atoms in total. The summed E-state index contributed by atoms with van der Waals surface area (Å²) < 4.78 is 2.08. The Morgan fingerprint density at radius 2 is 1.43 bits per heavy atom. The molecule has 0 amide bonds. The van der Waals surface area contributed by atoms with Gasteiger partial charge in [-0.15, -0.1) is 0 Å². The Hall–Kier alpha value is -3.31. The molecule has 1 N–H and O–H groups in total. The minimum atomic E-state index is -0.826. The summed E-state index contributed by atoms with van der Waals surface area (Å²) >= 11 is 1.29. The molecule has 4 rings (SSSR count). The summed E-state index contributed by atoms with van der Waals surface area (Å²) in [4.78, 5) is 16.7. The lowest BCUT2D eigenvalue weighted by Gasteiger charge is -2.15. The third-order valence-corrected chi connectivity index (χ3v) is 6.15. The number of aliphatic carboxylic acids is 1. The number of nitrogens with zero attached hydrogens (tertiary/aromatic N) is 2. The first-order valence-electron chi connectivity index (χ1n) is 9.87. The number of aromatic nitrogens is 2. The molecule has 0 radical (unpaired) electrons. The fraction of sp³-hybridized carbons (Fsp3) is 0.120. The molecule has 0 aliphatic carbocycles. The number of carboxylic acids is 1. The number of imidazole rings is 1. The normalized spacial score (nSPS) is 11.9. The van der Waals surface area contributed by atoms with E-state index in [2.05, 4.69) is 16.7 Å². The minimum Gasteiger partial charge on any atom is -0.480 e. The Labute approximate surface area is 180 Å². The van der Waals surface area contributed by atoms with Crippen molar-refractivity contribution in [2.45, 2.75) is 23.8 Å². The van der Waals surface area contributed by atoms with Gasteiger partial charge in [0.1, 0.15) is 5.25 Å². The first kappa shape index (κ1) is 20.0. The quantitative estimate of drug-likeness (QED) is 0.368. The molecule has 0 saturated heterocycles. The van der Waals surface area contributed by atoms with Crippen LogP contribution in [0.2, 0.25) is 0 Å². The lowest BCUT2D eigenvalue weighted by Crippen LogP contribution is -2.16. The van der Waals surface area contributed by atoms with Crippen LogP contribution < -0.4 is 0 Å². The average Bonchev–Trinajstić information content (AvgIpc) is 3.18. The summed E-state index contributed by atoms with van der Waals surface area (Å²) in [5, 5.41) is 9.76. The summed E-state index contributed by atoms with van der Waals surface area (Å²) in [5.74, 6) is -0.826. The number of thioether (sulfide) groups is 1. The van der Waals surface area contributed by atoms with E-state index in [1.807, 2.05) is 85.8 Å². The van der Waals surface area contributed by atoms with Crippen LogP contribution in [0.25, 0.3) is 28.2 Å². The molecule has 4 aromatic rings. The highest BCUT2D eigenvalue weighted by Gasteiger charge is 2.25. The van der Waals surface area contributed by atoms with Crippen molar-refractivity contribution in [2.75, 3.05) is 0 Å². The fourth-order valence-corrected chi connectivity index (χ4v) is 4.36. The van der Waals surface area contributed by atoms with Gasteiger partial charge in [-0.25, -0.2) is 4.98 Å². The van der Waals surface area contributed by atoms with Crippen molar-refractivity contribution in [3.8, 4) is 28.2 Å². The van der Waals surface area contributed by atoms with E-state index in [1.54, 1.807) is 0 Å². The van der Waals surface area contributed by atoms with Crippen molar-refractivity contribution >= 4 is 17.7 Å². The number of para-hydroxylation sites is 1. The highest BCUT2D eigenvalue weighted by atomic mass is 32.2. The number of hydrogen-bond acceptors (Lipinski definition) is 3. The van der Waals surface area contributed by atoms with Crippen LogP contribution in [0.3, 0.4) is 0 Å². The highest BCUT2D eigenvalue weighted by molar-refractivity contribution is 8.00. The summed E-state index contributed by atoms with van der Waals surface area (Å²) in [6.07, 6.45) is 0.517. The molecule has 1 heterocycles. The first-order valence-corrected chi connectivity index (χ1v) is 10.8. The van der Waals surface area contributed by atoms with Crippen molar-refractivity contribution < 1.29 is 9.90 Å². The molecule has 0 fully saturated rings. The monoisotopic (exact) mass is 414 g/mol. The maximum absolute atomic E-state index is 11.8. The lowest BCUT2D eigenvalue weighted by molar-refractivity contribution is -0.136. The number of carboxylic acid groups (broad SMARTS) is 1. The molecule has 150 valence electrons. The van der Waals surface area contributed by atoms with Crippen LogP contribution in [-0.4, -0.2) is 25.9 Å². The van der Waals surface area contributed by atoms with Gasteiger partial charge in [0.25, 0.3) is 0 Å². The van der Waals surface area contributed by atoms with E-state index in [0.717, 1.165) is 28.2 Å². The van der Waals surface area contributed by atoms with Gasteiger partial charge in [0.05, 0.1) is 11.4 Å². The van der Waals surface area contributed by atoms with Gasteiger partial charge >= 0.3 is 5.97 Å². The van der Waals surface area contributed by atoms with Crippen LogP contribution in [0.5, 0.6) is 0 Å². The van der Waals surface area contributed by atoms with Gasteiger partial charge in [-0.05, 0) is 18.6 Å². The molecule has 0 bridgehead atoms. The zero-order valence-corrected chi connectivity index (χ0v) is 17.4.